The van der Waals surface area contributed by atoms with Crippen molar-refractivity contribution in [2.45, 2.75) is 64.9 Å². The molecule has 110 valence electrons. The van der Waals surface area contributed by atoms with Crippen molar-refractivity contribution in [3.8, 4) is 0 Å². The quantitative estimate of drug-likeness (QED) is 0.735. The number of carbonyl (C=O) groups is 1. The number of nitrogens with zero attached hydrogens (tertiary/aromatic N) is 1. The van der Waals surface area contributed by atoms with Crippen LogP contribution in [0.5, 0.6) is 0 Å². The molecule has 1 heterocycles. The van der Waals surface area contributed by atoms with Crippen LogP contribution in [-0.4, -0.2) is 36.1 Å². The molecule has 0 N–H and O–H groups in total. The van der Waals surface area contributed by atoms with Gasteiger partial charge in [0.1, 0.15) is 5.60 Å². The third kappa shape index (κ3) is 4.79. The Balaban J connectivity index is 1.70. The zero-order valence-corrected chi connectivity index (χ0v) is 12.8. The molecule has 1 saturated heterocycles. The molecule has 19 heavy (non-hydrogen) atoms. The molecule has 0 aromatic rings. The van der Waals surface area contributed by atoms with Crippen molar-refractivity contribution in [2.24, 2.45) is 11.8 Å². The second-order valence-electron chi connectivity index (χ2n) is 7.23. The highest BCUT2D eigenvalue weighted by atomic mass is 16.6. The second-order valence-corrected chi connectivity index (χ2v) is 7.23. The van der Waals surface area contributed by atoms with Crippen LogP contribution in [0.4, 0.5) is 0 Å². The van der Waals surface area contributed by atoms with Crippen LogP contribution in [0.2, 0.25) is 0 Å². The first-order chi connectivity index (χ1) is 8.94. The van der Waals surface area contributed by atoms with E-state index in [1.54, 1.807) is 0 Å². The van der Waals surface area contributed by atoms with Gasteiger partial charge in [-0.1, -0.05) is 19.3 Å². The lowest BCUT2D eigenvalue weighted by Gasteiger charge is -2.41. The van der Waals surface area contributed by atoms with Crippen molar-refractivity contribution in [3.63, 3.8) is 0 Å². The molecule has 0 bridgehead atoms. The molecule has 1 aliphatic carbocycles. The average molecular weight is 267 g/mol. The van der Waals surface area contributed by atoms with Crippen LogP contribution in [0.15, 0.2) is 0 Å². The van der Waals surface area contributed by atoms with Gasteiger partial charge in [0, 0.05) is 13.1 Å². The molecule has 0 amide bonds. The van der Waals surface area contributed by atoms with E-state index < -0.39 is 0 Å². The maximum Gasteiger partial charge on any atom is 0.307 e. The summed E-state index contributed by atoms with van der Waals surface area (Å²) in [5.41, 5.74) is -0.354. The van der Waals surface area contributed by atoms with Gasteiger partial charge in [-0.05, 0) is 52.0 Å². The lowest BCUT2D eigenvalue weighted by Crippen LogP contribution is -2.42. The summed E-state index contributed by atoms with van der Waals surface area (Å²) in [7, 11) is 0. The summed E-state index contributed by atoms with van der Waals surface area (Å²) in [6, 6.07) is 0. The van der Waals surface area contributed by atoms with Crippen LogP contribution in [0.25, 0.3) is 0 Å². The van der Waals surface area contributed by atoms with Crippen LogP contribution in [0, 0.1) is 11.8 Å². The van der Waals surface area contributed by atoms with Gasteiger partial charge in [-0.15, -0.1) is 0 Å². The monoisotopic (exact) mass is 267 g/mol. The number of esters is 1. The van der Waals surface area contributed by atoms with Crippen LogP contribution >= 0.6 is 0 Å². The van der Waals surface area contributed by atoms with Gasteiger partial charge in [0.25, 0.3) is 0 Å². The van der Waals surface area contributed by atoms with Gasteiger partial charge in [-0.2, -0.15) is 0 Å². The zero-order chi connectivity index (χ0) is 13.9. The van der Waals surface area contributed by atoms with E-state index in [4.69, 9.17) is 4.74 Å². The molecule has 2 atom stereocenters. The third-order valence-corrected chi connectivity index (χ3v) is 4.43. The highest BCUT2D eigenvalue weighted by Crippen LogP contribution is 2.35. The topological polar surface area (TPSA) is 29.5 Å². The van der Waals surface area contributed by atoms with E-state index in [-0.39, 0.29) is 11.6 Å². The van der Waals surface area contributed by atoms with Crippen LogP contribution in [0.1, 0.15) is 59.3 Å². The highest BCUT2D eigenvalue weighted by molar-refractivity contribution is 5.70. The van der Waals surface area contributed by atoms with Crippen molar-refractivity contribution in [3.05, 3.63) is 0 Å². The minimum atomic E-state index is -0.354. The van der Waals surface area contributed by atoms with Crippen LogP contribution in [0.3, 0.4) is 0 Å². The molecule has 2 rings (SSSR count). The first-order valence-corrected chi connectivity index (χ1v) is 7.88. The minimum Gasteiger partial charge on any atom is -0.460 e. The fourth-order valence-corrected chi connectivity index (χ4v) is 3.52. The Kier molecular flexibility index (Phi) is 4.88. The predicted octanol–water partition coefficient (Wildman–Crippen LogP) is 3.23. The fraction of sp³-hybridized carbons (Fsp3) is 0.938. The summed E-state index contributed by atoms with van der Waals surface area (Å²) < 4.78 is 5.37. The molecule has 2 fully saturated rings. The molecule has 0 aromatic heterocycles. The average Bonchev–Trinajstić information content (AvgIpc) is 2.34. The molecule has 0 spiro atoms. The largest absolute Gasteiger partial charge is 0.460 e. The SMILES string of the molecule is CC(C)(C)OC(=O)CCN1CCC2CCCCC2C1. The van der Waals surface area contributed by atoms with Crippen molar-refractivity contribution in [1.29, 1.82) is 0 Å². The number of ether oxygens (including phenoxy) is 1. The Bertz CT molecular complexity index is 308. The van der Waals surface area contributed by atoms with Gasteiger partial charge in [-0.25, -0.2) is 0 Å². The highest BCUT2D eigenvalue weighted by Gasteiger charge is 2.31. The molecular formula is C16H29NO2. The predicted molar refractivity (Wildman–Crippen MR) is 77.0 cm³/mol. The number of hydrogen-bond donors (Lipinski definition) is 0. The Morgan fingerprint density at radius 1 is 1.16 bits per heavy atom. The zero-order valence-electron chi connectivity index (χ0n) is 12.8. The molecule has 1 saturated carbocycles. The summed E-state index contributed by atoms with van der Waals surface area (Å²) in [6.07, 6.45) is 7.53. The number of likely N-dealkylation sites (tertiary alicyclic amines) is 1. The maximum absolute atomic E-state index is 11.7. The van der Waals surface area contributed by atoms with E-state index in [1.165, 1.54) is 45.2 Å². The number of piperidine rings is 1. The summed E-state index contributed by atoms with van der Waals surface area (Å²) >= 11 is 0. The number of fused-ring (bicyclic) bond motifs is 1. The van der Waals surface area contributed by atoms with E-state index in [0.717, 1.165) is 18.4 Å². The lowest BCUT2D eigenvalue weighted by atomic mass is 9.75. The van der Waals surface area contributed by atoms with Gasteiger partial charge in [0.15, 0.2) is 0 Å². The van der Waals surface area contributed by atoms with Crippen molar-refractivity contribution in [1.82, 2.24) is 4.90 Å². The fourth-order valence-electron chi connectivity index (χ4n) is 3.52. The Morgan fingerprint density at radius 3 is 2.53 bits per heavy atom. The Labute approximate surface area is 117 Å². The Morgan fingerprint density at radius 2 is 1.84 bits per heavy atom. The molecular weight excluding hydrogens is 238 g/mol. The number of carbonyl (C=O) groups excluding carboxylic acids is 1. The molecule has 3 heteroatoms. The summed E-state index contributed by atoms with van der Waals surface area (Å²) in [5, 5.41) is 0. The van der Waals surface area contributed by atoms with E-state index in [0.29, 0.717) is 6.42 Å². The molecule has 0 aromatic carbocycles. The smallest absolute Gasteiger partial charge is 0.307 e. The summed E-state index contributed by atoms with van der Waals surface area (Å²) in [6.45, 7) is 9.03. The van der Waals surface area contributed by atoms with Gasteiger partial charge < -0.3 is 9.64 Å². The second kappa shape index (κ2) is 6.25. The molecule has 2 unspecified atom stereocenters. The molecule has 0 radical (unpaired) electrons. The van der Waals surface area contributed by atoms with Gasteiger partial charge >= 0.3 is 5.97 Å². The van der Waals surface area contributed by atoms with Crippen molar-refractivity contribution >= 4 is 5.97 Å². The van der Waals surface area contributed by atoms with Crippen molar-refractivity contribution in [2.75, 3.05) is 19.6 Å². The van der Waals surface area contributed by atoms with Crippen molar-refractivity contribution < 1.29 is 9.53 Å². The van der Waals surface area contributed by atoms with Gasteiger partial charge in [0.05, 0.1) is 6.42 Å². The van der Waals surface area contributed by atoms with E-state index in [2.05, 4.69) is 4.90 Å². The first kappa shape index (κ1) is 14.8. The maximum atomic E-state index is 11.7. The van der Waals surface area contributed by atoms with E-state index >= 15 is 0 Å². The van der Waals surface area contributed by atoms with Gasteiger partial charge in [0.2, 0.25) is 0 Å². The van der Waals surface area contributed by atoms with Crippen LogP contribution < -0.4 is 0 Å². The molecule has 3 nitrogen and oxygen atoms in total. The standard InChI is InChI=1S/C16H29NO2/c1-16(2,3)19-15(18)9-11-17-10-8-13-6-4-5-7-14(13)12-17/h13-14H,4-12H2,1-3H3. The minimum absolute atomic E-state index is 0.0572. The molecule has 1 aliphatic heterocycles. The van der Waals surface area contributed by atoms with E-state index in [1.807, 2.05) is 20.8 Å². The van der Waals surface area contributed by atoms with E-state index in [9.17, 15) is 4.79 Å². The normalized spacial score (nSPS) is 28.8. The third-order valence-electron chi connectivity index (χ3n) is 4.43. The van der Waals surface area contributed by atoms with Crippen LogP contribution in [-0.2, 0) is 9.53 Å². The first-order valence-electron chi connectivity index (χ1n) is 7.88. The lowest BCUT2D eigenvalue weighted by molar-refractivity contribution is -0.155. The summed E-state index contributed by atoms with van der Waals surface area (Å²) in [4.78, 5) is 14.2. The molecule has 2 aliphatic rings. The Hall–Kier alpha value is -0.570. The number of hydrogen-bond acceptors (Lipinski definition) is 3. The van der Waals surface area contributed by atoms with Gasteiger partial charge in [-0.3, -0.25) is 4.79 Å². The summed E-state index contributed by atoms with van der Waals surface area (Å²) in [5.74, 6) is 1.80. The number of rotatable bonds is 3.